The fourth-order valence-corrected chi connectivity index (χ4v) is 5.14. The van der Waals surface area contributed by atoms with Crippen molar-refractivity contribution in [2.75, 3.05) is 26.9 Å². The van der Waals surface area contributed by atoms with Crippen LogP contribution in [0.3, 0.4) is 0 Å². The number of thioether (sulfide) groups is 1. The van der Waals surface area contributed by atoms with Crippen molar-refractivity contribution in [1.29, 1.82) is 0 Å². The molecule has 1 heterocycles. The van der Waals surface area contributed by atoms with E-state index in [4.69, 9.17) is 0 Å². The Hall–Kier alpha value is -2.64. The number of carbonyl (C=O) groups excluding carboxylic acids is 1. The Bertz CT molecular complexity index is 983. The summed E-state index contributed by atoms with van der Waals surface area (Å²) in [5.74, 6) is 1.36. The van der Waals surface area contributed by atoms with Gasteiger partial charge in [0.2, 0.25) is 5.91 Å². The van der Waals surface area contributed by atoms with E-state index in [2.05, 4.69) is 71.9 Å². The molecule has 0 spiro atoms. The fraction of sp³-hybridized carbons (Fsp3) is 0.444. The molecule has 0 radical (unpaired) electrons. The Kier molecular flexibility index (Phi) is 9.72. The van der Waals surface area contributed by atoms with E-state index in [0.717, 1.165) is 47.9 Å². The quantitative estimate of drug-likeness (QED) is 0.324. The highest BCUT2D eigenvalue weighted by Gasteiger charge is 2.25. The third-order valence-electron chi connectivity index (χ3n) is 6.12. The Morgan fingerprint density at radius 1 is 0.941 bits per heavy atom. The number of aromatic nitrogens is 3. The van der Waals surface area contributed by atoms with Crippen molar-refractivity contribution in [1.82, 2.24) is 24.6 Å². The lowest BCUT2D eigenvalue weighted by atomic mass is 9.97. The second-order valence-electron chi connectivity index (χ2n) is 8.75. The highest BCUT2D eigenvalue weighted by atomic mass is 32.2. The molecule has 0 aliphatic carbocycles. The van der Waals surface area contributed by atoms with Crippen molar-refractivity contribution in [3.63, 3.8) is 0 Å². The standard InChI is InChI=1S/C27H37N5OS/c1-6-8-19-32-26(23(7-2)30(3)4)28-29-27(32)34-20-24(33)31(5)25(21-15-11-9-12-16-21)22-17-13-10-14-18-22/h9-18,23,25H,6-8,19-20H2,1-5H3/t23-/m0/s1. The maximum Gasteiger partial charge on any atom is 0.233 e. The molecule has 0 bridgehead atoms. The summed E-state index contributed by atoms with van der Waals surface area (Å²) in [4.78, 5) is 17.4. The zero-order valence-electron chi connectivity index (χ0n) is 21.0. The van der Waals surface area contributed by atoms with Gasteiger partial charge in [0, 0.05) is 13.6 Å². The van der Waals surface area contributed by atoms with Crippen molar-refractivity contribution < 1.29 is 4.79 Å². The predicted octanol–water partition coefficient (Wildman–Crippen LogP) is 5.43. The zero-order valence-corrected chi connectivity index (χ0v) is 21.8. The first-order chi connectivity index (χ1) is 16.5. The van der Waals surface area contributed by atoms with Crippen LogP contribution in [0.4, 0.5) is 0 Å². The van der Waals surface area contributed by atoms with Gasteiger partial charge >= 0.3 is 0 Å². The summed E-state index contributed by atoms with van der Waals surface area (Å²) in [6.07, 6.45) is 3.11. The highest BCUT2D eigenvalue weighted by Crippen LogP contribution is 2.30. The molecule has 6 nitrogen and oxygen atoms in total. The fourth-order valence-electron chi connectivity index (χ4n) is 4.24. The number of hydrogen-bond acceptors (Lipinski definition) is 5. The van der Waals surface area contributed by atoms with Gasteiger partial charge in [0.15, 0.2) is 11.0 Å². The number of carbonyl (C=O) groups is 1. The molecular formula is C27H37N5OS. The minimum absolute atomic E-state index is 0.0638. The largest absolute Gasteiger partial charge is 0.334 e. The molecular weight excluding hydrogens is 442 g/mol. The molecule has 1 amide bonds. The molecule has 0 unspecified atom stereocenters. The molecule has 0 saturated carbocycles. The molecule has 0 aliphatic heterocycles. The van der Waals surface area contributed by atoms with Gasteiger partial charge in [-0.2, -0.15) is 0 Å². The maximum absolute atomic E-state index is 13.4. The molecule has 0 aliphatic rings. The van der Waals surface area contributed by atoms with E-state index in [1.807, 2.05) is 48.3 Å². The van der Waals surface area contributed by atoms with E-state index in [1.165, 1.54) is 11.8 Å². The third kappa shape index (κ3) is 6.27. The van der Waals surface area contributed by atoms with Gasteiger partial charge in [-0.25, -0.2) is 0 Å². The third-order valence-corrected chi connectivity index (χ3v) is 7.08. The summed E-state index contributed by atoms with van der Waals surface area (Å²) in [5.41, 5.74) is 2.19. The van der Waals surface area contributed by atoms with Gasteiger partial charge in [-0.15, -0.1) is 10.2 Å². The van der Waals surface area contributed by atoms with Crippen LogP contribution in [0.5, 0.6) is 0 Å². The number of hydrogen-bond donors (Lipinski definition) is 0. The van der Waals surface area contributed by atoms with Gasteiger partial charge in [-0.05, 0) is 38.1 Å². The van der Waals surface area contributed by atoms with E-state index in [-0.39, 0.29) is 18.0 Å². The van der Waals surface area contributed by atoms with E-state index >= 15 is 0 Å². The average Bonchev–Trinajstić information content (AvgIpc) is 3.25. The zero-order chi connectivity index (χ0) is 24.5. The average molecular weight is 480 g/mol. The smallest absolute Gasteiger partial charge is 0.233 e. The first-order valence-electron chi connectivity index (χ1n) is 12.1. The summed E-state index contributed by atoms with van der Waals surface area (Å²) in [7, 11) is 6.04. The molecule has 0 fully saturated rings. The van der Waals surface area contributed by atoms with Crippen LogP contribution >= 0.6 is 11.8 Å². The number of benzene rings is 2. The van der Waals surface area contributed by atoms with E-state index in [9.17, 15) is 4.79 Å². The summed E-state index contributed by atoms with van der Waals surface area (Å²) in [6.45, 7) is 5.22. The monoisotopic (exact) mass is 479 g/mol. The normalized spacial score (nSPS) is 12.3. The van der Waals surface area contributed by atoms with Crippen molar-refractivity contribution in [3.8, 4) is 0 Å². The molecule has 0 saturated heterocycles. The number of amides is 1. The van der Waals surface area contributed by atoms with E-state index in [0.29, 0.717) is 5.75 Å². The summed E-state index contributed by atoms with van der Waals surface area (Å²) < 4.78 is 2.21. The van der Waals surface area contributed by atoms with Gasteiger partial charge in [0.1, 0.15) is 0 Å². The van der Waals surface area contributed by atoms with Crippen LogP contribution in [-0.4, -0.2) is 57.4 Å². The summed E-state index contributed by atoms with van der Waals surface area (Å²) >= 11 is 1.48. The van der Waals surface area contributed by atoms with Gasteiger partial charge in [0.05, 0.1) is 17.8 Å². The topological polar surface area (TPSA) is 54.3 Å². The molecule has 2 aromatic carbocycles. The highest BCUT2D eigenvalue weighted by molar-refractivity contribution is 7.99. The van der Waals surface area contributed by atoms with Crippen molar-refractivity contribution in [2.45, 2.75) is 56.9 Å². The maximum atomic E-state index is 13.4. The van der Waals surface area contributed by atoms with Gasteiger partial charge in [-0.3, -0.25) is 9.69 Å². The molecule has 34 heavy (non-hydrogen) atoms. The van der Waals surface area contributed by atoms with E-state index in [1.54, 1.807) is 0 Å². The lowest BCUT2D eigenvalue weighted by Gasteiger charge is -2.29. The van der Waals surface area contributed by atoms with Crippen molar-refractivity contribution in [3.05, 3.63) is 77.6 Å². The second-order valence-corrected chi connectivity index (χ2v) is 9.69. The molecule has 1 aromatic heterocycles. The van der Waals surface area contributed by atoms with Crippen molar-refractivity contribution in [2.24, 2.45) is 0 Å². The molecule has 3 rings (SSSR count). The molecule has 182 valence electrons. The minimum Gasteiger partial charge on any atom is -0.334 e. The van der Waals surface area contributed by atoms with Crippen LogP contribution in [0.15, 0.2) is 65.8 Å². The van der Waals surface area contributed by atoms with Gasteiger partial charge in [0.25, 0.3) is 0 Å². The lowest BCUT2D eigenvalue weighted by molar-refractivity contribution is -0.128. The predicted molar refractivity (Wildman–Crippen MR) is 140 cm³/mol. The molecule has 1 atom stereocenters. The van der Waals surface area contributed by atoms with Crippen LogP contribution in [0.25, 0.3) is 0 Å². The van der Waals surface area contributed by atoms with Gasteiger partial charge in [-0.1, -0.05) is 92.7 Å². The van der Waals surface area contributed by atoms with Crippen LogP contribution in [0.1, 0.15) is 62.1 Å². The number of rotatable bonds is 12. The van der Waals surface area contributed by atoms with E-state index < -0.39 is 0 Å². The first-order valence-corrected chi connectivity index (χ1v) is 13.0. The Labute approximate surface area is 208 Å². The number of unbranched alkanes of at least 4 members (excludes halogenated alkanes) is 1. The summed E-state index contributed by atoms with van der Waals surface area (Å²) in [6, 6.07) is 20.5. The Morgan fingerprint density at radius 3 is 2.03 bits per heavy atom. The summed E-state index contributed by atoms with van der Waals surface area (Å²) in [5, 5.41) is 9.85. The van der Waals surface area contributed by atoms with Crippen molar-refractivity contribution >= 4 is 17.7 Å². The Morgan fingerprint density at radius 2 is 1.53 bits per heavy atom. The molecule has 3 aromatic rings. The molecule has 7 heteroatoms. The van der Waals surface area contributed by atoms with Crippen LogP contribution < -0.4 is 0 Å². The molecule has 0 N–H and O–H groups in total. The lowest BCUT2D eigenvalue weighted by Crippen LogP contribution is -2.33. The Balaban J connectivity index is 1.80. The SMILES string of the molecule is CCCCn1c(SCC(=O)N(C)C(c2ccccc2)c2ccccc2)nnc1[C@H](CC)N(C)C. The van der Waals surface area contributed by atoms with Crippen LogP contribution in [0.2, 0.25) is 0 Å². The van der Waals surface area contributed by atoms with Crippen LogP contribution in [0, 0.1) is 0 Å². The first kappa shape index (κ1) is 26.0. The van der Waals surface area contributed by atoms with Crippen LogP contribution in [-0.2, 0) is 11.3 Å². The second kappa shape index (κ2) is 12.7. The number of nitrogens with zero attached hydrogens (tertiary/aromatic N) is 5. The minimum atomic E-state index is -0.137. The van der Waals surface area contributed by atoms with Gasteiger partial charge < -0.3 is 9.47 Å².